The first kappa shape index (κ1) is 13.7. The number of nitrogens with zero attached hydrogens (tertiary/aromatic N) is 1. The van der Waals surface area contributed by atoms with Gasteiger partial charge in [0.05, 0.1) is 27.4 Å². The maximum Gasteiger partial charge on any atom is 0.0991 e. The summed E-state index contributed by atoms with van der Waals surface area (Å²) in [5.41, 5.74) is 8.36. The normalized spacial score (nSPS) is 9.95. The molecule has 3 nitrogen and oxygen atoms in total. The first-order chi connectivity index (χ1) is 9.20. The lowest BCUT2D eigenvalue weighted by molar-refractivity contribution is 0.801. The zero-order valence-corrected chi connectivity index (χ0v) is 11.5. The number of nitriles is 1. The van der Waals surface area contributed by atoms with Crippen LogP contribution >= 0.6 is 23.2 Å². The maximum atomic E-state index is 8.71. The molecule has 0 atom stereocenters. The van der Waals surface area contributed by atoms with Crippen LogP contribution in [0.2, 0.25) is 10.0 Å². The van der Waals surface area contributed by atoms with Crippen LogP contribution in [0.15, 0.2) is 42.5 Å². The highest BCUT2D eigenvalue weighted by molar-refractivity contribution is 6.39. The van der Waals surface area contributed by atoms with E-state index in [1.165, 1.54) is 0 Å². The quantitative estimate of drug-likeness (QED) is 0.838. The fourth-order valence-corrected chi connectivity index (χ4v) is 2.04. The van der Waals surface area contributed by atoms with Gasteiger partial charge in [-0.05, 0) is 29.8 Å². The predicted octanol–water partition coefficient (Wildman–Crippen LogP) is 3.98. The number of anilines is 1. The second-order valence-corrected chi connectivity index (χ2v) is 4.70. The Morgan fingerprint density at radius 2 is 1.63 bits per heavy atom. The second-order valence-electron chi connectivity index (χ2n) is 3.88. The highest BCUT2D eigenvalue weighted by atomic mass is 35.5. The lowest BCUT2D eigenvalue weighted by Crippen LogP contribution is -2.21. The number of benzene rings is 2. The molecule has 0 aromatic heterocycles. The first-order valence-electron chi connectivity index (χ1n) is 5.62. The molecule has 2 aromatic rings. The molecule has 0 aliphatic heterocycles. The van der Waals surface area contributed by atoms with E-state index in [2.05, 4.69) is 16.9 Å². The number of hydrazine groups is 1. The Kier molecular flexibility index (Phi) is 4.64. The van der Waals surface area contributed by atoms with Crippen molar-refractivity contribution in [1.82, 2.24) is 5.43 Å². The van der Waals surface area contributed by atoms with E-state index < -0.39 is 0 Å². The summed E-state index contributed by atoms with van der Waals surface area (Å²) in [6.45, 7) is 0.591. The number of nitrogens with one attached hydrogen (secondary N) is 2. The van der Waals surface area contributed by atoms with Crippen molar-refractivity contribution in [2.45, 2.75) is 6.54 Å². The van der Waals surface area contributed by atoms with E-state index in [9.17, 15) is 0 Å². The van der Waals surface area contributed by atoms with E-state index in [-0.39, 0.29) is 0 Å². The van der Waals surface area contributed by atoms with Crippen LogP contribution in [0.25, 0.3) is 0 Å². The molecule has 19 heavy (non-hydrogen) atoms. The van der Waals surface area contributed by atoms with E-state index in [1.807, 2.05) is 12.1 Å². The first-order valence-corrected chi connectivity index (χ1v) is 6.38. The van der Waals surface area contributed by atoms with Crippen LogP contribution in [0.4, 0.5) is 5.69 Å². The van der Waals surface area contributed by atoms with Crippen LogP contribution in [-0.4, -0.2) is 0 Å². The molecular weight excluding hydrogens is 281 g/mol. The van der Waals surface area contributed by atoms with Crippen molar-refractivity contribution in [3.63, 3.8) is 0 Å². The Hall–Kier alpha value is -1.73. The van der Waals surface area contributed by atoms with Crippen molar-refractivity contribution in [3.05, 3.63) is 63.6 Å². The summed E-state index contributed by atoms with van der Waals surface area (Å²) in [6, 6.07) is 14.7. The van der Waals surface area contributed by atoms with Gasteiger partial charge in [-0.3, -0.25) is 0 Å². The highest BCUT2D eigenvalue weighted by Crippen LogP contribution is 2.28. The Bertz CT molecular complexity index is 583. The average Bonchev–Trinajstić information content (AvgIpc) is 2.43. The summed E-state index contributed by atoms with van der Waals surface area (Å²) in [4.78, 5) is 0. The molecule has 5 heteroatoms. The van der Waals surface area contributed by atoms with Crippen LogP contribution in [-0.2, 0) is 6.54 Å². The standard InChI is InChI=1S/C14H11Cl2N3/c15-12-2-1-3-13(16)14(12)19-18-9-11-6-4-10(8-17)5-7-11/h1-7,18-19H,9H2. The van der Waals surface area contributed by atoms with E-state index in [0.717, 1.165) is 5.56 Å². The van der Waals surface area contributed by atoms with Gasteiger partial charge >= 0.3 is 0 Å². The summed E-state index contributed by atoms with van der Waals surface area (Å²) in [5.74, 6) is 0. The van der Waals surface area contributed by atoms with Gasteiger partial charge in [0.25, 0.3) is 0 Å². The number of rotatable bonds is 4. The summed E-state index contributed by atoms with van der Waals surface area (Å²) in [6.07, 6.45) is 0. The van der Waals surface area contributed by atoms with Gasteiger partial charge in [0.1, 0.15) is 0 Å². The molecular formula is C14H11Cl2N3. The molecule has 0 unspecified atom stereocenters. The zero-order chi connectivity index (χ0) is 13.7. The molecule has 0 aliphatic carbocycles. The van der Waals surface area contributed by atoms with Crippen molar-refractivity contribution in [1.29, 1.82) is 5.26 Å². The van der Waals surface area contributed by atoms with Gasteiger partial charge in [-0.15, -0.1) is 0 Å². The monoisotopic (exact) mass is 291 g/mol. The SMILES string of the molecule is N#Cc1ccc(CNNc2c(Cl)cccc2Cl)cc1. The third-order valence-electron chi connectivity index (χ3n) is 2.55. The smallest absolute Gasteiger partial charge is 0.0991 e. The van der Waals surface area contributed by atoms with Gasteiger partial charge in [0, 0.05) is 6.54 Å². The van der Waals surface area contributed by atoms with Crippen LogP contribution in [0, 0.1) is 11.3 Å². The van der Waals surface area contributed by atoms with Gasteiger partial charge in [-0.25, -0.2) is 5.43 Å². The fourth-order valence-electron chi connectivity index (χ4n) is 1.55. The van der Waals surface area contributed by atoms with Gasteiger partial charge in [-0.2, -0.15) is 5.26 Å². The van der Waals surface area contributed by atoms with Crippen LogP contribution in [0.3, 0.4) is 0 Å². The lowest BCUT2D eigenvalue weighted by atomic mass is 10.1. The summed E-state index contributed by atoms with van der Waals surface area (Å²) in [5, 5.41) is 9.82. The molecule has 0 fully saturated rings. The minimum absolute atomic E-state index is 0.555. The van der Waals surface area contributed by atoms with Gasteiger partial charge in [0.2, 0.25) is 0 Å². The molecule has 0 heterocycles. The zero-order valence-electron chi connectivity index (χ0n) is 9.95. The number of halogens is 2. The van der Waals surface area contributed by atoms with Crippen molar-refractivity contribution < 1.29 is 0 Å². The van der Waals surface area contributed by atoms with E-state index >= 15 is 0 Å². The second kappa shape index (κ2) is 6.44. The Labute approximate surface area is 121 Å². The van der Waals surface area contributed by atoms with Gasteiger partial charge in [0.15, 0.2) is 0 Å². The maximum absolute atomic E-state index is 8.71. The lowest BCUT2D eigenvalue weighted by Gasteiger charge is -2.11. The van der Waals surface area contributed by atoms with Crippen molar-refractivity contribution in [3.8, 4) is 6.07 Å². The van der Waals surface area contributed by atoms with E-state index in [1.54, 1.807) is 30.3 Å². The molecule has 2 rings (SSSR count). The molecule has 0 bridgehead atoms. The minimum Gasteiger partial charge on any atom is -0.318 e. The largest absolute Gasteiger partial charge is 0.318 e. The molecule has 0 saturated carbocycles. The van der Waals surface area contributed by atoms with Crippen molar-refractivity contribution >= 4 is 28.9 Å². The predicted molar refractivity (Wildman–Crippen MR) is 78.1 cm³/mol. The minimum atomic E-state index is 0.555. The molecule has 0 spiro atoms. The summed E-state index contributed by atoms with van der Waals surface area (Å²) < 4.78 is 0. The fraction of sp³-hybridized carbons (Fsp3) is 0.0714. The summed E-state index contributed by atoms with van der Waals surface area (Å²) in [7, 11) is 0. The Morgan fingerprint density at radius 1 is 1.00 bits per heavy atom. The molecule has 0 amide bonds. The van der Waals surface area contributed by atoms with Crippen molar-refractivity contribution in [2.75, 3.05) is 5.43 Å². The number of para-hydroxylation sites is 1. The van der Waals surface area contributed by atoms with Crippen molar-refractivity contribution in [2.24, 2.45) is 0 Å². The molecule has 0 aliphatic rings. The van der Waals surface area contributed by atoms with Gasteiger partial charge < -0.3 is 5.43 Å². The number of hydrogen-bond acceptors (Lipinski definition) is 3. The third kappa shape index (κ3) is 3.62. The third-order valence-corrected chi connectivity index (χ3v) is 3.18. The van der Waals surface area contributed by atoms with Gasteiger partial charge in [-0.1, -0.05) is 41.4 Å². The molecule has 2 aromatic carbocycles. The summed E-state index contributed by atoms with van der Waals surface area (Å²) >= 11 is 12.1. The number of hydrogen-bond donors (Lipinski definition) is 2. The Balaban J connectivity index is 1.95. The molecule has 0 saturated heterocycles. The van der Waals surface area contributed by atoms with Crippen LogP contribution in [0.1, 0.15) is 11.1 Å². The Morgan fingerprint density at radius 3 is 2.21 bits per heavy atom. The molecule has 2 N–H and O–H groups in total. The topological polar surface area (TPSA) is 47.9 Å². The van der Waals surface area contributed by atoms with E-state index in [4.69, 9.17) is 28.5 Å². The van der Waals surface area contributed by atoms with E-state index in [0.29, 0.717) is 27.8 Å². The average molecular weight is 292 g/mol. The molecule has 0 radical (unpaired) electrons. The van der Waals surface area contributed by atoms with Crippen LogP contribution in [0.5, 0.6) is 0 Å². The molecule has 96 valence electrons. The highest BCUT2D eigenvalue weighted by Gasteiger charge is 2.03. The van der Waals surface area contributed by atoms with Crippen LogP contribution < -0.4 is 10.9 Å².